The van der Waals surface area contributed by atoms with Gasteiger partial charge >= 0.3 is 5.97 Å². The summed E-state index contributed by atoms with van der Waals surface area (Å²) in [6.45, 7) is 1.66. The van der Waals surface area contributed by atoms with E-state index in [4.69, 9.17) is 5.11 Å². The molecule has 1 N–H and O–H groups in total. The van der Waals surface area contributed by atoms with E-state index in [2.05, 4.69) is 0 Å². The molecule has 0 unspecified atom stereocenters. The number of aliphatic carboxylic acids is 1. The molecule has 0 bridgehead atoms. The summed E-state index contributed by atoms with van der Waals surface area (Å²) >= 11 is 0. The van der Waals surface area contributed by atoms with Crippen LogP contribution in [0.25, 0.3) is 0 Å². The normalized spacial score (nSPS) is 8.14. The largest absolute Gasteiger partial charge is 0.478 e. The molecule has 0 rings (SSSR count). The number of carboxylic acid groups (broad SMARTS) is 1. The highest BCUT2D eigenvalue weighted by atomic mass is 32.1. The molecular weight excluding hydrogens is 112 g/mol. The Kier molecular flexibility index (Phi) is 7.75. The smallest absolute Gasteiger partial charge is 0.327 e. The Morgan fingerprint density at radius 2 is 2.14 bits per heavy atom. The quantitative estimate of drug-likeness (QED) is 0.519. The first kappa shape index (κ1) is 9.75. The Morgan fingerprint density at radius 1 is 1.71 bits per heavy atom. The monoisotopic (exact) mass is 120 g/mol. The van der Waals surface area contributed by atoms with Crippen LogP contribution in [-0.4, -0.2) is 11.1 Å². The fraction of sp³-hybridized carbons (Fsp3) is 0.250. The summed E-state index contributed by atoms with van der Waals surface area (Å²) in [6.07, 6.45) is 2.56. The molecule has 7 heavy (non-hydrogen) atoms. The molecule has 42 valence electrons. The second-order valence-corrected chi connectivity index (χ2v) is 0.838. The van der Waals surface area contributed by atoms with Crippen molar-refractivity contribution in [3.63, 3.8) is 0 Å². The number of carboxylic acids is 1. The van der Waals surface area contributed by atoms with Gasteiger partial charge in [0, 0.05) is 6.08 Å². The minimum Gasteiger partial charge on any atom is -0.478 e. The van der Waals surface area contributed by atoms with Gasteiger partial charge in [-0.25, -0.2) is 4.79 Å². The summed E-state index contributed by atoms with van der Waals surface area (Å²) in [5.74, 6) is -0.891. The molecule has 0 radical (unpaired) electrons. The summed E-state index contributed by atoms with van der Waals surface area (Å²) in [5.41, 5.74) is 0. The Labute approximate surface area is 49.3 Å². The van der Waals surface area contributed by atoms with Crippen LogP contribution < -0.4 is 0 Å². The second-order valence-electron chi connectivity index (χ2n) is 0.838. The molecule has 0 aromatic heterocycles. The third-order valence-electron chi connectivity index (χ3n) is 0.309. The first-order chi connectivity index (χ1) is 2.77. The molecule has 2 nitrogen and oxygen atoms in total. The van der Waals surface area contributed by atoms with E-state index in [1.54, 1.807) is 6.92 Å². The molecule has 0 saturated carbocycles. The number of carbonyl (C=O) groups is 1. The van der Waals surface area contributed by atoms with Crippen LogP contribution >= 0.6 is 13.5 Å². The third-order valence-corrected chi connectivity index (χ3v) is 0.309. The molecule has 0 spiro atoms. The second kappa shape index (κ2) is 5.56. The van der Waals surface area contributed by atoms with E-state index in [0.717, 1.165) is 6.08 Å². The molecule has 0 aliphatic heterocycles. The zero-order valence-corrected chi connectivity index (χ0v) is 5.01. The van der Waals surface area contributed by atoms with Gasteiger partial charge in [-0.15, -0.1) is 0 Å². The maximum atomic E-state index is 9.51. The van der Waals surface area contributed by atoms with Gasteiger partial charge in [-0.05, 0) is 6.92 Å². The van der Waals surface area contributed by atoms with Crippen LogP contribution in [0.15, 0.2) is 12.2 Å². The predicted octanol–water partition coefficient (Wildman–Crippen LogP) is 0.760. The van der Waals surface area contributed by atoms with E-state index in [1.165, 1.54) is 6.08 Å². The van der Waals surface area contributed by atoms with Crippen molar-refractivity contribution < 1.29 is 9.90 Å². The van der Waals surface area contributed by atoms with Gasteiger partial charge in [0.05, 0.1) is 0 Å². The fourth-order valence-electron chi connectivity index (χ4n) is 0.143. The van der Waals surface area contributed by atoms with Gasteiger partial charge in [-0.1, -0.05) is 6.08 Å². The number of allylic oxidation sites excluding steroid dienone is 1. The van der Waals surface area contributed by atoms with Crippen LogP contribution in [0.2, 0.25) is 0 Å². The van der Waals surface area contributed by atoms with Gasteiger partial charge in [-0.3, -0.25) is 0 Å². The van der Waals surface area contributed by atoms with Crippen molar-refractivity contribution in [2.45, 2.75) is 6.92 Å². The predicted molar refractivity (Wildman–Crippen MR) is 32.8 cm³/mol. The highest BCUT2D eigenvalue weighted by Crippen LogP contribution is 1.65. The molecule has 0 aromatic carbocycles. The molecule has 0 amide bonds. The van der Waals surface area contributed by atoms with Crippen LogP contribution in [0.5, 0.6) is 0 Å². The van der Waals surface area contributed by atoms with Crippen molar-refractivity contribution in [2.75, 3.05) is 0 Å². The molecule has 0 saturated heterocycles. The Morgan fingerprint density at radius 3 is 2.14 bits per heavy atom. The van der Waals surface area contributed by atoms with Crippen LogP contribution in [0.3, 0.4) is 0 Å². The SMILES string of the molecule is C/C=C/C(=O)O.S. The maximum absolute atomic E-state index is 9.51. The summed E-state index contributed by atoms with van der Waals surface area (Å²) in [4.78, 5) is 9.51. The first-order valence-electron chi connectivity index (χ1n) is 1.63. The molecule has 0 fully saturated rings. The van der Waals surface area contributed by atoms with E-state index in [-0.39, 0.29) is 13.5 Å². The number of rotatable bonds is 1. The van der Waals surface area contributed by atoms with E-state index in [1.807, 2.05) is 0 Å². The summed E-state index contributed by atoms with van der Waals surface area (Å²) in [7, 11) is 0. The van der Waals surface area contributed by atoms with Crippen molar-refractivity contribution in [1.82, 2.24) is 0 Å². The standard InChI is InChI=1S/C4H6O2.H2S/c1-2-3-4(5)6;/h2-3H,1H3,(H,5,6);1H2/b3-2+;. The lowest BCUT2D eigenvalue weighted by molar-refractivity contribution is -0.131. The highest BCUT2D eigenvalue weighted by molar-refractivity contribution is 7.59. The van der Waals surface area contributed by atoms with Crippen molar-refractivity contribution in [3.8, 4) is 0 Å². The third kappa shape index (κ3) is 10.8. The van der Waals surface area contributed by atoms with Gasteiger partial charge in [0.25, 0.3) is 0 Å². The topological polar surface area (TPSA) is 37.3 Å². The number of hydrogen-bond donors (Lipinski definition) is 1. The van der Waals surface area contributed by atoms with Crippen LogP contribution in [0, 0.1) is 0 Å². The van der Waals surface area contributed by atoms with Gasteiger partial charge < -0.3 is 5.11 Å². The number of hydrogen-bond acceptors (Lipinski definition) is 1. The molecule has 0 aliphatic rings. The average molecular weight is 120 g/mol. The van der Waals surface area contributed by atoms with Crippen molar-refractivity contribution in [2.24, 2.45) is 0 Å². The van der Waals surface area contributed by atoms with Gasteiger partial charge in [0.1, 0.15) is 0 Å². The lowest BCUT2D eigenvalue weighted by Gasteiger charge is -1.68. The van der Waals surface area contributed by atoms with Crippen molar-refractivity contribution in [3.05, 3.63) is 12.2 Å². The highest BCUT2D eigenvalue weighted by Gasteiger charge is 1.76. The summed E-state index contributed by atoms with van der Waals surface area (Å²) < 4.78 is 0. The van der Waals surface area contributed by atoms with Crippen molar-refractivity contribution in [1.29, 1.82) is 0 Å². The minimum absolute atomic E-state index is 0. The van der Waals surface area contributed by atoms with E-state index >= 15 is 0 Å². The Balaban J connectivity index is 0. The summed E-state index contributed by atoms with van der Waals surface area (Å²) in [6, 6.07) is 0. The zero-order valence-electron chi connectivity index (χ0n) is 4.01. The van der Waals surface area contributed by atoms with Crippen LogP contribution in [0.1, 0.15) is 6.92 Å². The molecule has 0 aliphatic carbocycles. The molecule has 3 heteroatoms. The van der Waals surface area contributed by atoms with E-state index in [0.29, 0.717) is 0 Å². The lowest BCUT2D eigenvalue weighted by Crippen LogP contribution is -1.83. The average Bonchev–Trinajstić information content (AvgIpc) is 1.35. The Hall–Kier alpha value is -0.440. The lowest BCUT2D eigenvalue weighted by atomic mass is 10.5. The van der Waals surface area contributed by atoms with Gasteiger partial charge in [0.15, 0.2) is 0 Å². The summed E-state index contributed by atoms with van der Waals surface area (Å²) in [5, 5.41) is 7.83. The van der Waals surface area contributed by atoms with E-state index < -0.39 is 5.97 Å². The molecule has 0 atom stereocenters. The van der Waals surface area contributed by atoms with Gasteiger partial charge in [-0.2, -0.15) is 13.5 Å². The fourth-order valence-corrected chi connectivity index (χ4v) is 0.143. The van der Waals surface area contributed by atoms with Gasteiger partial charge in [0.2, 0.25) is 0 Å². The molecular formula is C4H8O2S. The van der Waals surface area contributed by atoms with Crippen molar-refractivity contribution >= 4 is 19.5 Å². The Bertz CT molecular complexity index is 77.8. The molecule has 0 aromatic rings. The van der Waals surface area contributed by atoms with E-state index in [9.17, 15) is 4.79 Å². The van der Waals surface area contributed by atoms with Crippen LogP contribution in [0.4, 0.5) is 0 Å². The maximum Gasteiger partial charge on any atom is 0.327 e. The minimum atomic E-state index is -0.891. The van der Waals surface area contributed by atoms with Crippen LogP contribution in [-0.2, 0) is 4.79 Å². The zero-order chi connectivity index (χ0) is 4.99. The first-order valence-corrected chi connectivity index (χ1v) is 1.63. The molecule has 0 heterocycles.